The molecule has 0 aliphatic rings. The first-order valence-corrected chi connectivity index (χ1v) is 7.25. The SMILES string of the molecule is CCc1ccc(CNC(=O)c2ccc(/C(N)=N/O)cn2)s1. The Morgan fingerprint density at radius 3 is 2.71 bits per heavy atom. The number of amidine groups is 1. The summed E-state index contributed by atoms with van der Waals surface area (Å²) >= 11 is 1.68. The quantitative estimate of drug-likeness (QED) is 0.339. The summed E-state index contributed by atoms with van der Waals surface area (Å²) in [7, 11) is 0. The van der Waals surface area contributed by atoms with Crippen LogP contribution in [-0.2, 0) is 13.0 Å². The van der Waals surface area contributed by atoms with Gasteiger partial charge in [-0.1, -0.05) is 12.1 Å². The molecule has 0 fully saturated rings. The number of aryl methyl sites for hydroxylation is 1. The average molecular weight is 304 g/mol. The summed E-state index contributed by atoms with van der Waals surface area (Å²) in [4.78, 5) is 18.4. The highest BCUT2D eigenvalue weighted by molar-refractivity contribution is 7.11. The molecule has 0 aliphatic carbocycles. The standard InChI is InChI=1S/C14H16N4O2S/c1-2-10-4-5-11(21-10)8-17-14(19)12-6-3-9(7-16-12)13(15)18-20/h3-7,20H,2,8H2,1H3,(H2,15,18)(H,17,19). The Morgan fingerprint density at radius 2 is 2.14 bits per heavy atom. The molecular formula is C14H16N4O2S. The number of pyridine rings is 1. The third kappa shape index (κ3) is 3.79. The number of oxime groups is 1. The molecule has 0 unspecified atom stereocenters. The van der Waals surface area contributed by atoms with Crippen LogP contribution in [0.3, 0.4) is 0 Å². The number of hydrogen-bond acceptors (Lipinski definition) is 5. The molecule has 0 saturated carbocycles. The van der Waals surface area contributed by atoms with Crippen LogP contribution in [0.1, 0.15) is 32.7 Å². The molecule has 0 radical (unpaired) electrons. The molecule has 2 aromatic rings. The van der Waals surface area contributed by atoms with Crippen LogP contribution in [-0.4, -0.2) is 21.9 Å². The van der Waals surface area contributed by atoms with E-state index in [1.165, 1.54) is 17.1 Å². The number of aromatic nitrogens is 1. The zero-order chi connectivity index (χ0) is 15.2. The van der Waals surface area contributed by atoms with Crippen LogP contribution in [0.5, 0.6) is 0 Å². The number of carbonyl (C=O) groups is 1. The van der Waals surface area contributed by atoms with E-state index in [4.69, 9.17) is 10.9 Å². The monoisotopic (exact) mass is 304 g/mol. The van der Waals surface area contributed by atoms with Crippen molar-refractivity contribution in [1.82, 2.24) is 10.3 Å². The number of nitrogens with two attached hydrogens (primary N) is 1. The third-order valence-electron chi connectivity index (χ3n) is 2.89. The summed E-state index contributed by atoms with van der Waals surface area (Å²) in [6.07, 6.45) is 2.39. The second-order valence-electron chi connectivity index (χ2n) is 4.32. The maximum absolute atomic E-state index is 12.0. The predicted octanol–water partition coefficient (Wildman–Crippen LogP) is 1.73. The first kappa shape index (κ1) is 15.0. The summed E-state index contributed by atoms with van der Waals surface area (Å²) in [6, 6.07) is 7.20. The van der Waals surface area contributed by atoms with E-state index in [0.717, 1.165) is 11.3 Å². The van der Waals surface area contributed by atoms with E-state index in [-0.39, 0.29) is 17.4 Å². The van der Waals surface area contributed by atoms with Crippen molar-refractivity contribution in [2.24, 2.45) is 10.9 Å². The molecule has 2 heterocycles. The highest BCUT2D eigenvalue weighted by atomic mass is 32.1. The molecule has 0 saturated heterocycles. The van der Waals surface area contributed by atoms with Crippen molar-refractivity contribution in [1.29, 1.82) is 0 Å². The third-order valence-corrected chi connectivity index (χ3v) is 4.12. The minimum atomic E-state index is -0.257. The fourth-order valence-corrected chi connectivity index (χ4v) is 2.60. The number of carbonyl (C=O) groups excluding carboxylic acids is 1. The highest BCUT2D eigenvalue weighted by Gasteiger charge is 2.08. The molecule has 110 valence electrons. The van der Waals surface area contributed by atoms with E-state index in [0.29, 0.717) is 12.1 Å². The summed E-state index contributed by atoms with van der Waals surface area (Å²) in [6.45, 7) is 2.58. The van der Waals surface area contributed by atoms with Crippen LogP contribution in [0.15, 0.2) is 35.6 Å². The molecule has 2 aromatic heterocycles. The van der Waals surface area contributed by atoms with E-state index < -0.39 is 0 Å². The molecule has 6 nitrogen and oxygen atoms in total. The normalized spacial score (nSPS) is 11.4. The van der Waals surface area contributed by atoms with Crippen molar-refractivity contribution in [2.75, 3.05) is 0 Å². The van der Waals surface area contributed by atoms with Gasteiger partial charge in [0.1, 0.15) is 5.69 Å². The lowest BCUT2D eigenvalue weighted by Gasteiger charge is -2.04. The second-order valence-corrected chi connectivity index (χ2v) is 5.57. The van der Waals surface area contributed by atoms with Crippen molar-refractivity contribution in [3.8, 4) is 0 Å². The number of hydrogen-bond donors (Lipinski definition) is 3. The summed E-state index contributed by atoms with van der Waals surface area (Å²) in [5, 5.41) is 14.2. The van der Waals surface area contributed by atoms with Crippen molar-refractivity contribution in [3.05, 3.63) is 51.5 Å². The molecular weight excluding hydrogens is 288 g/mol. The molecule has 0 aliphatic heterocycles. The topological polar surface area (TPSA) is 101 Å². The van der Waals surface area contributed by atoms with Gasteiger partial charge in [0.05, 0.1) is 6.54 Å². The zero-order valence-corrected chi connectivity index (χ0v) is 12.4. The van der Waals surface area contributed by atoms with Crippen LogP contribution < -0.4 is 11.1 Å². The van der Waals surface area contributed by atoms with Gasteiger partial charge in [-0.15, -0.1) is 11.3 Å². The minimum absolute atomic E-state index is 0.0415. The van der Waals surface area contributed by atoms with E-state index in [9.17, 15) is 4.79 Å². The lowest BCUT2D eigenvalue weighted by atomic mass is 10.2. The Hall–Kier alpha value is -2.41. The maximum Gasteiger partial charge on any atom is 0.270 e. The molecule has 0 aromatic carbocycles. The first-order chi connectivity index (χ1) is 10.1. The van der Waals surface area contributed by atoms with Crippen LogP contribution in [0.2, 0.25) is 0 Å². The average Bonchev–Trinajstić information content (AvgIpc) is 3.00. The number of rotatable bonds is 5. The van der Waals surface area contributed by atoms with Gasteiger partial charge in [-0.2, -0.15) is 0 Å². The lowest BCUT2D eigenvalue weighted by Crippen LogP contribution is -2.23. The fourth-order valence-electron chi connectivity index (χ4n) is 1.70. The van der Waals surface area contributed by atoms with Crippen molar-refractivity contribution < 1.29 is 10.0 Å². The van der Waals surface area contributed by atoms with E-state index in [2.05, 4.69) is 28.4 Å². The molecule has 4 N–H and O–H groups in total. The number of nitrogens with zero attached hydrogens (tertiary/aromatic N) is 2. The number of amides is 1. The summed E-state index contributed by atoms with van der Waals surface area (Å²) in [5.74, 6) is -0.298. The van der Waals surface area contributed by atoms with Gasteiger partial charge < -0.3 is 16.3 Å². The molecule has 7 heteroatoms. The van der Waals surface area contributed by atoms with Gasteiger partial charge in [-0.3, -0.25) is 9.78 Å². The number of thiophene rings is 1. The van der Waals surface area contributed by atoms with Gasteiger partial charge in [-0.25, -0.2) is 0 Å². The Bertz CT molecular complexity index is 649. The van der Waals surface area contributed by atoms with Crippen LogP contribution in [0.4, 0.5) is 0 Å². The molecule has 0 spiro atoms. The zero-order valence-electron chi connectivity index (χ0n) is 11.5. The minimum Gasteiger partial charge on any atom is -0.409 e. The molecule has 21 heavy (non-hydrogen) atoms. The first-order valence-electron chi connectivity index (χ1n) is 6.43. The predicted molar refractivity (Wildman–Crippen MR) is 81.6 cm³/mol. The van der Waals surface area contributed by atoms with Gasteiger partial charge >= 0.3 is 0 Å². The summed E-state index contributed by atoms with van der Waals surface area (Å²) < 4.78 is 0. The largest absolute Gasteiger partial charge is 0.409 e. The highest BCUT2D eigenvalue weighted by Crippen LogP contribution is 2.16. The second kappa shape index (κ2) is 6.85. The van der Waals surface area contributed by atoms with E-state index in [1.807, 2.05) is 6.07 Å². The van der Waals surface area contributed by atoms with E-state index >= 15 is 0 Å². The summed E-state index contributed by atoms with van der Waals surface area (Å²) in [5.41, 5.74) is 6.18. The Labute approximate surface area is 126 Å². The van der Waals surface area contributed by atoms with Crippen LogP contribution in [0.25, 0.3) is 0 Å². The molecule has 1 amide bonds. The van der Waals surface area contributed by atoms with Gasteiger partial charge in [0, 0.05) is 21.5 Å². The molecule has 0 bridgehead atoms. The van der Waals surface area contributed by atoms with Crippen molar-refractivity contribution >= 4 is 23.1 Å². The lowest BCUT2D eigenvalue weighted by molar-refractivity contribution is 0.0946. The molecule has 2 rings (SSSR count). The Morgan fingerprint density at radius 1 is 1.38 bits per heavy atom. The van der Waals surface area contributed by atoms with Crippen molar-refractivity contribution in [3.63, 3.8) is 0 Å². The van der Waals surface area contributed by atoms with Gasteiger partial charge in [-0.05, 0) is 30.7 Å². The van der Waals surface area contributed by atoms with Crippen LogP contribution in [0, 0.1) is 0 Å². The Balaban J connectivity index is 1.97. The Kier molecular flexibility index (Phi) is 4.89. The van der Waals surface area contributed by atoms with Gasteiger partial charge in [0.25, 0.3) is 5.91 Å². The van der Waals surface area contributed by atoms with Crippen LogP contribution >= 0.6 is 11.3 Å². The van der Waals surface area contributed by atoms with Gasteiger partial charge in [0.15, 0.2) is 5.84 Å². The smallest absolute Gasteiger partial charge is 0.270 e. The van der Waals surface area contributed by atoms with Crippen molar-refractivity contribution in [2.45, 2.75) is 19.9 Å². The van der Waals surface area contributed by atoms with Gasteiger partial charge in [0.2, 0.25) is 0 Å². The fraction of sp³-hybridized carbons (Fsp3) is 0.214. The number of nitrogens with one attached hydrogen (secondary N) is 1. The van der Waals surface area contributed by atoms with E-state index in [1.54, 1.807) is 17.4 Å². The maximum atomic E-state index is 12.0. The molecule has 0 atom stereocenters.